The van der Waals surface area contributed by atoms with Crippen molar-refractivity contribution in [3.63, 3.8) is 0 Å². The lowest BCUT2D eigenvalue weighted by molar-refractivity contribution is 0.0993. The Balaban J connectivity index is 2.29. The molecule has 0 atom stereocenters. The van der Waals surface area contributed by atoms with Gasteiger partial charge in [0, 0.05) is 24.5 Å². The van der Waals surface area contributed by atoms with Crippen LogP contribution < -0.4 is 10.6 Å². The van der Waals surface area contributed by atoms with Crippen LogP contribution in [0.15, 0.2) is 42.7 Å². The van der Waals surface area contributed by atoms with E-state index in [2.05, 4.69) is 4.98 Å². The lowest BCUT2D eigenvalue weighted by Gasteiger charge is -2.17. The number of rotatable bonds is 2. The summed E-state index contributed by atoms with van der Waals surface area (Å²) in [6.45, 7) is 1.89. The molecular formula is C14H15N3O. The molecule has 0 aliphatic carbocycles. The van der Waals surface area contributed by atoms with Gasteiger partial charge in [0.15, 0.2) is 0 Å². The van der Waals surface area contributed by atoms with Gasteiger partial charge in [0.25, 0.3) is 5.91 Å². The van der Waals surface area contributed by atoms with Crippen molar-refractivity contribution in [3.05, 3.63) is 53.9 Å². The molecule has 1 aromatic heterocycles. The van der Waals surface area contributed by atoms with Crippen LogP contribution in [-0.2, 0) is 0 Å². The molecule has 0 saturated heterocycles. The third-order valence-corrected chi connectivity index (χ3v) is 2.85. The quantitative estimate of drug-likeness (QED) is 0.820. The van der Waals surface area contributed by atoms with E-state index in [1.807, 2.05) is 13.0 Å². The Bertz CT molecular complexity index is 567. The largest absolute Gasteiger partial charge is 0.399 e. The van der Waals surface area contributed by atoms with Crippen molar-refractivity contribution in [1.82, 2.24) is 4.98 Å². The first-order valence-electron chi connectivity index (χ1n) is 5.64. The number of nitrogen functional groups attached to an aromatic ring is 1. The minimum absolute atomic E-state index is 0.0777. The second-order valence-electron chi connectivity index (χ2n) is 4.15. The van der Waals surface area contributed by atoms with Crippen molar-refractivity contribution in [2.75, 3.05) is 17.7 Å². The topological polar surface area (TPSA) is 59.2 Å². The van der Waals surface area contributed by atoms with Gasteiger partial charge in [0.05, 0.1) is 11.9 Å². The molecule has 1 heterocycles. The minimum Gasteiger partial charge on any atom is -0.399 e. The van der Waals surface area contributed by atoms with E-state index < -0.39 is 0 Å². The minimum atomic E-state index is -0.0777. The Morgan fingerprint density at radius 1 is 1.33 bits per heavy atom. The molecule has 4 nitrogen and oxygen atoms in total. The Labute approximate surface area is 106 Å². The van der Waals surface area contributed by atoms with Crippen LogP contribution in [0.3, 0.4) is 0 Å². The zero-order valence-corrected chi connectivity index (χ0v) is 10.4. The fourth-order valence-corrected chi connectivity index (χ4v) is 1.67. The van der Waals surface area contributed by atoms with Crippen LogP contribution in [0.1, 0.15) is 15.9 Å². The maximum absolute atomic E-state index is 12.3. The molecule has 2 N–H and O–H groups in total. The van der Waals surface area contributed by atoms with Crippen LogP contribution in [-0.4, -0.2) is 17.9 Å². The highest BCUT2D eigenvalue weighted by Gasteiger charge is 2.13. The number of pyridine rings is 1. The lowest BCUT2D eigenvalue weighted by atomic mass is 10.1. The van der Waals surface area contributed by atoms with E-state index >= 15 is 0 Å². The van der Waals surface area contributed by atoms with Gasteiger partial charge in [-0.2, -0.15) is 0 Å². The third kappa shape index (κ3) is 2.32. The summed E-state index contributed by atoms with van der Waals surface area (Å²) in [7, 11) is 1.73. The number of hydrogen-bond donors (Lipinski definition) is 1. The van der Waals surface area contributed by atoms with E-state index in [0.29, 0.717) is 11.3 Å². The molecule has 0 fully saturated rings. The zero-order valence-electron chi connectivity index (χ0n) is 10.4. The molecular weight excluding hydrogens is 226 g/mol. The van der Waals surface area contributed by atoms with E-state index in [1.54, 1.807) is 48.6 Å². The molecule has 18 heavy (non-hydrogen) atoms. The zero-order chi connectivity index (χ0) is 13.1. The fourth-order valence-electron chi connectivity index (χ4n) is 1.67. The molecule has 0 saturated carbocycles. The molecule has 0 aliphatic heterocycles. The summed E-state index contributed by atoms with van der Waals surface area (Å²) >= 11 is 0. The maximum atomic E-state index is 12.3. The molecule has 2 rings (SSSR count). The Hall–Kier alpha value is -2.36. The summed E-state index contributed by atoms with van der Waals surface area (Å²) in [6, 6.07) is 8.92. The van der Waals surface area contributed by atoms with Gasteiger partial charge >= 0.3 is 0 Å². The number of carbonyl (C=O) groups excluding carboxylic acids is 1. The maximum Gasteiger partial charge on any atom is 0.258 e. The normalized spacial score (nSPS) is 10.1. The first kappa shape index (κ1) is 12.1. The van der Waals surface area contributed by atoms with Gasteiger partial charge in [0.2, 0.25) is 0 Å². The number of benzene rings is 1. The number of amides is 1. The summed E-state index contributed by atoms with van der Waals surface area (Å²) in [6.07, 6.45) is 3.33. The second-order valence-corrected chi connectivity index (χ2v) is 4.15. The van der Waals surface area contributed by atoms with Crippen molar-refractivity contribution in [1.29, 1.82) is 0 Å². The van der Waals surface area contributed by atoms with Crippen LogP contribution >= 0.6 is 0 Å². The summed E-state index contributed by atoms with van der Waals surface area (Å²) in [5, 5.41) is 0. The van der Waals surface area contributed by atoms with Crippen LogP contribution in [0.4, 0.5) is 11.4 Å². The van der Waals surface area contributed by atoms with Gasteiger partial charge in [-0.3, -0.25) is 9.78 Å². The SMILES string of the molecule is Cc1cc(C(=O)N(C)c2cccnc2)ccc1N. The van der Waals surface area contributed by atoms with Crippen molar-refractivity contribution in [2.24, 2.45) is 0 Å². The van der Waals surface area contributed by atoms with Gasteiger partial charge in [-0.1, -0.05) is 0 Å². The predicted molar refractivity (Wildman–Crippen MR) is 72.6 cm³/mol. The number of hydrogen-bond acceptors (Lipinski definition) is 3. The van der Waals surface area contributed by atoms with Crippen LogP contribution in [0.25, 0.3) is 0 Å². The molecule has 4 heteroatoms. The Kier molecular flexibility index (Phi) is 3.28. The molecule has 2 aromatic rings. The summed E-state index contributed by atoms with van der Waals surface area (Å²) < 4.78 is 0. The van der Waals surface area contributed by atoms with Gasteiger partial charge < -0.3 is 10.6 Å². The monoisotopic (exact) mass is 241 g/mol. The average Bonchev–Trinajstić information content (AvgIpc) is 2.41. The molecule has 0 unspecified atom stereocenters. The first-order chi connectivity index (χ1) is 8.59. The van der Waals surface area contributed by atoms with Gasteiger partial charge in [-0.25, -0.2) is 0 Å². The number of nitrogens with two attached hydrogens (primary N) is 1. The highest BCUT2D eigenvalue weighted by atomic mass is 16.2. The smallest absolute Gasteiger partial charge is 0.258 e. The molecule has 0 radical (unpaired) electrons. The number of anilines is 2. The molecule has 92 valence electrons. The van der Waals surface area contributed by atoms with E-state index in [4.69, 9.17) is 5.73 Å². The Morgan fingerprint density at radius 2 is 2.11 bits per heavy atom. The van der Waals surface area contributed by atoms with Crippen LogP contribution in [0.5, 0.6) is 0 Å². The van der Waals surface area contributed by atoms with E-state index in [0.717, 1.165) is 11.3 Å². The molecule has 0 spiro atoms. The standard InChI is InChI=1S/C14H15N3O/c1-10-8-11(5-6-13(10)15)14(18)17(2)12-4-3-7-16-9-12/h3-9H,15H2,1-2H3. The fraction of sp³-hybridized carbons (Fsp3) is 0.143. The summed E-state index contributed by atoms with van der Waals surface area (Å²) in [5.41, 5.74) is 8.71. The molecule has 0 aliphatic rings. The predicted octanol–water partition coefficient (Wildman–Crippen LogP) is 2.25. The molecule has 1 aromatic carbocycles. The first-order valence-corrected chi connectivity index (χ1v) is 5.64. The van der Waals surface area contributed by atoms with E-state index in [9.17, 15) is 4.79 Å². The highest BCUT2D eigenvalue weighted by molar-refractivity contribution is 6.05. The molecule has 0 bridgehead atoms. The summed E-state index contributed by atoms with van der Waals surface area (Å²) in [4.78, 5) is 17.8. The third-order valence-electron chi connectivity index (χ3n) is 2.85. The van der Waals surface area contributed by atoms with E-state index in [1.165, 1.54) is 0 Å². The van der Waals surface area contributed by atoms with Crippen LogP contribution in [0, 0.1) is 6.92 Å². The van der Waals surface area contributed by atoms with Crippen molar-refractivity contribution in [3.8, 4) is 0 Å². The lowest BCUT2D eigenvalue weighted by Crippen LogP contribution is -2.26. The summed E-state index contributed by atoms with van der Waals surface area (Å²) in [5.74, 6) is -0.0777. The van der Waals surface area contributed by atoms with Crippen molar-refractivity contribution in [2.45, 2.75) is 6.92 Å². The van der Waals surface area contributed by atoms with Gasteiger partial charge in [0.1, 0.15) is 0 Å². The Morgan fingerprint density at radius 3 is 2.72 bits per heavy atom. The molecule has 1 amide bonds. The van der Waals surface area contributed by atoms with Crippen LogP contribution in [0.2, 0.25) is 0 Å². The number of nitrogens with zero attached hydrogens (tertiary/aromatic N) is 2. The highest BCUT2D eigenvalue weighted by Crippen LogP contribution is 2.17. The number of aryl methyl sites for hydroxylation is 1. The second kappa shape index (κ2) is 4.87. The number of aromatic nitrogens is 1. The van der Waals surface area contributed by atoms with Gasteiger partial charge in [-0.15, -0.1) is 0 Å². The number of carbonyl (C=O) groups is 1. The average molecular weight is 241 g/mol. The van der Waals surface area contributed by atoms with Crippen molar-refractivity contribution >= 4 is 17.3 Å². The van der Waals surface area contributed by atoms with Crippen molar-refractivity contribution < 1.29 is 4.79 Å². The van der Waals surface area contributed by atoms with Gasteiger partial charge in [-0.05, 0) is 42.8 Å². The van der Waals surface area contributed by atoms with E-state index in [-0.39, 0.29) is 5.91 Å².